The van der Waals surface area contributed by atoms with Crippen LogP contribution >= 0.6 is 0 Å². The maximum absolute atomic E-state index is 12.6. The van der Waals surface area contributed by atoms with Crippen molar-refractivity contribution in [1.82, 2.24) is 15.0 Å². The molecule has 0 spiro atoms. The Bertz CT molecular complexity index is 1190. The van der Waals surface area contributed by atoms with Crippen molar-refractivity contribution in [2.24, 2.45) is 0 Å². The lowest BCUT2D eigenvalue weighted by atomic mass is 10.2. The van der Waals surface area contributed by atoms with Crippen molar-refractivity contribution < 1.29 is 21.8 Å². The lowest BCUT2D eigenvalue weighted by molar-refractivity contribution is -0.684. The van der Waals surface area contributed by atoms with Crippen molar-refractivity contribution in [2.75, 3.05) is 5.32 Å². The van der Waals surface area contributed by atoms with Crippen LogP contribution in [0.2, 0.25) is 0 Å². The molecule has 2 aromatic carbocycles. The first-order valence-corrected chi connectivity index (χ1v) is 8.84. The summed E-state index contributed by atoms with van der Waals surface area (Å²) in [5.41, 5.74) is 1.98. The molecule has 29 heavy (non-hydrogen) atoms. The first-order valence-electron chi connectivity index (χ1n) is 8.84. The second-order valence-electron chi connectivity index (χ2n) is 6.37. The van der Waals surface area contributed by atoms with Gasteiger partial charge >= 0.3 is 0 Å². The van der Waals surface area contributed by atoms with E-state index in [0.29, 0.717) is 10.9 Å². The van der Waals surface area contributed by atoms with E-state index in [2.05, 4.69) is 15.6 Å². The molecule has 4 aromatic rings. The van der Waals surface area contributed by atoms with Crippen molar-refractivity contribution >= 4 is 22.5 Å². The van der Waals surface area contributed by atoms with E-state index in [1.54, 1.807) is 22.8 Å². The van der Waals surface area contributed by atoms with Crippen LogP contribution in [0.25, 0.3) is 10.9 Å². The molecule has 0 unspecified atom stereocenters. The van der Waals surface area contributed by atoms with Gasteiger partial charge in [-0.1, -0.05) is 35.5 Å². The first-order chi connectivity index (χ1) is 13.7. The fraction of sp³-hybridized carbons (Fsp3) is 0.0952. The largest absolute Gasteiger partial charge is 1.00 e. The van der Waals surface area contributed by atoms with Crippen molar-refractivity contribution in [3.8, 4) is 0 Å². The van der Waals surface area contributed by atoms with Gasteiger partial charge in [0.05, 0.1) is 11.9 Å². The molecule has 0 aliphatic heterocycles. The Labute approximate surface area is 173 Å². The van der Waals surface area contributed by atoms with Gasteiger partial charge in [-0.25, -0.2) is 4.68 Å². The normalized spacial score (nSPS) is 10.3. The third-order valence-corrected chi connectivity index (χ3v) is 4.26. The van der Waals surface area contributed by atoms with Crippen LogP contribution in [-0.2, 0) is 17.9 Å². The minimum absolute atomic E-state index is 0. The molecule has 2 heterocycles. The monoisotopic (exact) mass is 407 g/mol. The smallest absolute Gasteiger partial charge is 0.290 e. The zero-order chi connectivity index (χ0) is 19.3. The topological polar surface area (TPSA) is 80.8 Å². The number of para-hydroxylation sites is 1. The third-order valence-electron chi connectivity index (χ3n) is 4.26. The number of amides is 1. The second-order valence-corrected chi connectivity index (χ2v) is 6.37. The van der Waals surface area contributed by atoms with Crippen molar-refractivity contribution in [1.29, 1.82) is 0 Å². The molecule has 0 radical (unpaired) electrons. The molecular weight excluding hydrogens is 390 g/mol. The Morgan fingerprint density at radius 2 is 1.76 bits per heavy atom. The van der Waals surface area contributed by atoms with Crippen LogP contribution in [0.3, 0.4) is 0 Å². The van der Waals surface area contributed by atoms with E-state index in [1.807, 2.05) is 60.9 Å². The van der Waals surface area contributed by atoms with Gasteiger partial charge in [-0.05, 0) is 30.3 Å². The van der Waals surface area contributed by atoms with Crippen LogP contribution < -0.4 is 27.9 Å². The van der Waals surface area contributed by atoms with Gasteiger partial charge in [0.15, 0.2) is 12.4 Å². The minimum atomic E-state index is -0.192. The molecule has 8 heteroatoms. The zero-order valence-electron chi connectivity index (χ0n) is 15.4. The maximum atomic E-state index is 12.6. The summed E-state index contributed by atoms with van der Waals surface area (Å²) < 4.78 is 3.10. The number of nitrogens with one attached hydrogen (secondary N) is 1. The van der Waals surface area contributed by atoms with E-state index in [0.717, 1.165) is 11.3 Å². The number of carbonyl (C=O) groups excluding carboxylic acids is 1. The number of hydrogen-bond donors (Lipinski definition) is 1. The van der Waals surface area contributed by atoms with E-state index in [4.69, 9.17) is 0 Å². The van der Waals surface area contributed by atoms with Crippen molar-refractivity contribution in [2.45, 2.75) is 13.1 Å². The highest BCUT2D eigenvalue weighted by Gasteiger charge is 2.12. The number of fused-ring (bicyclic) bond motifs is 1. The molecule has 146 valence electrons. The van der Waals surface area contributed by atoms with Gasteiger partial charge < -0.3 is 17.7 Å². The van der Waals surface area contributed by atoms with Gasteiger partial charge in [-0.2, -0.15) is 4.57 Å². The fourth-order valence-corrected chi connectivity index (χ4v) is 2.96. The summed E-state index contributed by atoms with van der Waals surface area (Å²) >= 11 is 0. The summed E-state index contributed by atoms with van der Waals surface area (Å²) in [6.07, 6.45) is 3.64. The standard InChI is InChI=1S/C21H17N5O2.ClH/c27-20(22-17-8-2-1-3-9-17)15-25-12-6-7-16(13-25)14-26-21(28)18-10-4-5-11-19(18)23-24-26;/h1-13H,14-15H2;1H. The maximum Gasteiger partial charge on any atom is 0.290 e. The van der Waals surface area contributed by atoms with E-state index in [9.17, 15) is 9.59 Å². The summed E-state index contributed by atoms with van der Waals surface area (Å²) in [7, 11) is 0. The van der Waals surface area contributed by atoms with Gasteiger partial charge in [0.25, 0.3) is 11.5 Å². The Morgan fingerprint density at radius 1 is 1.00 bits per heavy atom. The average molecular weight is 408 g/mol. The summed E-state index contributed by atoms with van der Waals surface area (Å²) in [4.78, 5) is 24.8. The number of halogens is 1. The number of anilines is 1. The molecule has 7 nitrogen and oxygen atoms in total. The molecule has 1 amide bonds. The summed E-state index contributed by atoms with van der Waals surface area (Å²) in [5, 5.41) is 11.5. The third kappa shape index (κ3) is 4.83. The van der Waals surface area contributed by atoms with Gasteiger partial charge in [0.2, 0.25) is 6.54 Å². The van der Waals surface area contributed by atoms with Crippen LogP contribution in [0.1, 0.15) is 5.56 Å². The Kier molecular flexibility index (Phi) is 6.31. The Hall–Kier alpha value is -3.58. The van der Waals surface area contributed by atoms with Crippen LogP contribution in [0.4, 0.5) is 5.69 Å². The molecule has 0 atom stereocenters. The molecule has 4 rings (SSSR count). The van der Waals surface area contributed by atoms with E-state index >= 15 is 0 Å². The molecule has 2 aromatic heterocycles. The number of hydrogen-bond acceptors (Lipinski definition) is 4. The highest BCUT2D eigenvalue weighted by atomic mass is 35.5. The summed E-state index contributed by atoms with van der Waals surface area (Å²) in [6, 6.07) is 20.1. The predicted molar refractivity (Wildman–Crippen MR) is 105 cm³/mol. The Balaban J connectivity index is 0.00000240. The summed E-state index contributed by atoms with van der Waals surface area (Å²) in [6.45, 7) is 0.443. The minimum Gasteiger partial charge on any atom is -1.00 e. The molecular formula is C21H18ClN5O2. The lowest BCUT2D eigenvalue weighted by Crippen LogP contribution is -3.00. The number of carbonyl (C=O) groups is 1. The van der Waals surface area contributed by atoms with Gasteiger partial charge in [-0.3, -0.25) is 9.59 Å². The lowest BCUT2D eigenvalue weighted by Gasteiger charge is -2.05. The fourth-order valence-electron chi connectivity index (χ4n) is 2.96. The highest BCUT2D eigenvalue weighted by Crippen LogP contribution is 2.06. The molecule has 0 bridgehead atoms. The van der Waals surface area contributed by atoms with Gasteiger partial charge in [0.1, 0.15) is 5.52 Å². The SMILES string of the molecule is O=C(C[n+]1cccc(Cn2nnc3ccccc3c2=O)c1)Nc1ccccc1.[Cl-]. The van der Waals surface area contributed by atoms with Crippen molar-refractivity contribution in [3.63, 3.8) is 0 Å². The quantitative estimate of drug-likeness (QED) is 0.420. The van der Waals surface area contributed by atoms with Crippen LogP contribution in [0.15, 0.2) is 83.9 Å². The van der Waals surface area contributed by atoms with Crippen LogP contribution in [0, 0.1) is 0 Å². The summed E-state index contributed by atoms with van der Waals surface area (Å²) in [5.74, 6) is -0.129. The van der Waals surface area contributed by atoms with E-state index in [-0.39, 0.29) is 37.0 Å². The van der Waals surface area contributed by atoms with Gasteiger partial charge in [0, 0.05) is 17.3 Å². The van der Waals surface area contributed by atoms with Crippen LogP contribution in [-0.4, -0.2) is 20.9 Å². The Morgan fingerprint density at radius 3 is 2.59 bits per heavy atom. The molecule has 0 aliphatic carbocycles. The van der Waals surface area contributed by atoms with Gasteiger partial charge in [-0.15, -0.1) is 5.10 Å². The average Bonchev–Trinajstić information content (AvgIpc) is 2.71. The van der Waals surface area contributed by atoms with Crippen molar-refractivity contribution in [3.05, 3.63) is 95.0 Å². The first kappa shape index (κ1) is 20.2. The number of pyridine rings is 1. The number of nitrogens with zero attached hydrogens (tertiary/aromatic N) is 4. The molecule has 0 aliphatic rings. The van der Waals surface area contributed by atoms with Crippen LogP contribution in [0.5, 0.6) is 0 Å². The zero-order valence-corrected chi connectivity index (χ0v) is 16.2. The van der Waals surface area contributed by atoms with E-state index in [1.165, 1.54) is 4.68 Å². The number of aromatic nitrogens is 4. The highest BCUT2D eigenvalue weighted by molar-refractivity contribution is 5.89. The molecule has 1 N–H and O–H groups in total. The predicted octanol–water partition coefficient (Wildman–Crippen LogP) is -1.23. The number of rotatable bonds is 5. The second kappa shape index (κ2) is 9.07. The number of benzene rings is 2. The molecule has 0 saturated carbocycles. The molecule has 0 saturated heterocycles. The molecule has 0 fully saturated rings. The van der Waals surface area contributed by atoms with E-state index < -0.39 is 0 Å².